The van der Waals surface area contributed by atoms with Gasteiger partial charge in [-0.05, 0) is 40.0 Å². The van der Waals surface area contributed by atoms with Gasteiger partial charge in [-0.3, -0.25) is 9.59 Å². The maximum atomic E-state index is 11.9. The number of esters is 1. The SMILES string of the molecule is C=C(C)C(=O)NC1CCCCC1OC(=O)C(C)(C)Br. The molecule has 19 heavy (non-hydrogen) atoms. The number of ether oxygens (including phenoxy) is 1. The van der Waals surface area contributed by atoms with Crippen LogP contribution in [0.1, 0.15) is 46.5 Å². The van der Waals surface area contributed by atoms with E-state index < -0.39 is 4.32 Å². The molecule has 4 nitrogen and oxygen atoms in total. The molecule has 108 valence electrons. The minimum Gasteiger partial charge on any atom is -0.459 e. The molecule has 0 saturated heterocycles. The predicted octanol–water partition coefficient (Wildman–Crippen LogP) is 2.71. The fourth-order valence-electron chi connectivity index (χ4n) is 1.97. The van der Waals surface area contributed by atoms with Crippen LogP contribution >= 0.6 is 15.9 Å². The fraction of sp³-hybridized carbons (Fsp3) is 0.714. The van der Waals surface area contributed by atoms with E-state index >= 15 is 0 Å². The van der Waals surface area contributed by atoms with Crippen LogP contribution in [0.4, 0.5) is 0 Å². The average Bonchev–Trinajstić information content (AvgIpc) is 2.30. The van der Waals surface area contributed by atoms with Gasteiger partial charge in [0.15, 0.2) is 0 Å². The first kappa shape index (κ1) is 16.2. The van der Waals surface area contributed by atoms with Gasteiger partial charge in [-0.2, -0.15) is 0 Å². The second kappa shape index (κ2) is 6.55. The van der Waals surface area contributed by atoms with Crippen molar-refractivity contribution in [2.75, 3.05) is 0 Å². The summed E-state index contributed by atoms with van der Waals surface area (Å²) in [6, 6.07) is -0.114. The highest BCUT2D eigenvalue weighted by Crippen LogP contribution is 2.25. The Morgan fingerprint density at radius 2 is 1.89 bits per heavy atom. The van der Waals surface area contributed by atoms with Gasteiger partial charge in [-0.15, -0.1) is 0 Å². The highest BCUT2D eigenvalue weighted by Gasteiger charge is 2.34. The van der Waals surface area contributed by atoms with Crippen LogP contribution in [-0.4, -0.2) is 28.3 Å². The number of hydrogen-bond donors (Lipinski definition) is 1. The summed E-state index contributed by atoms with van der Waals surface area (Å²) in [5.74, 6) is -0.472. The molecule has 1 amide bonds. The molecule has 0 aromatic heterocycles. The van der Waals surface area contributed by atoms with Crippen molar-refractivity contribution < 1.29 is 14.3 Å². The van der Waals surface area contributed by atoms with Crippen molar-refractivity contribution in [3.63, 3.8) is 0 Å². The highest BCUT2D eigenvalue weighted by atomic mass is 79.9. The molecular formula is C14H22BrNO3. The lowest BCUT2D eigenvalue weighted by Gasteiger charge is -2.33. The first-order valence-corrected chi connectivity index (χ1v) is 7.37. The van der Waals surface area contributed by atoms with Crippen LogP contribution in [0.3, 0.4) is 0 Å². The Morgan fingerprint density at radius 1 is 1.32 bits per heavy atom. The van der Waals surface area contributed by atoms with E-state index in [1.165, 1.54) is 0 Å². The molecule has 1 aliphatic carbocycles. The van der Waals surface area contributed by atoms with Crippen molar-refractivity contribution in [3.05, 3.63) is 12.2 Å². The van der Waals surface area contributed by atoms with Gasteiger partial charge >= 0.3 is 5.97 Å². The zero-order valence-electron chi connectivity index (χ0n) is 11.8. The molecule has 1 saturated carbocycles. The van der Waals surface area contributed by atoms with Crippen molar-refractivity contribution in [1.29, 1.82) is 0 Å². The van der Waals surface area contributed by atoms with Crippen LogP contribution in [0.15, 0.2) is 12.2 Å². The van der Waals surface area contributed by atoms with Gasteiger partial charge in [0.2, 0.25) is 5.91 Å². The summed E-state index contributed by atoms with van der Waals surface area (Å²) in [4.78, 5) is 23.6. The molecule has 1 rings (SSSR count). The van der Waals surface area contributed by atoms with Crippen molar-refractivity contribution in [3.8, 4) is 0 Å². The molecule has 0 bridgehead atoms. The molecule has 0 spiro atoms. The Balaban J connectivity index is 2.65. The lowest BCUT2D eigenvalue weighted by atomic mass is 9.92. The van der Waals surface area contributed by atoms with Crippen LogP contribution in [0.2, 0.25) is 0 Å². The second-order valence-electron chi connectivity index (χ2n) is 5.56. The summed E-state index contributed by atoms with van der Waals surface area (Å²) in [5, 5.41) is 2.89. The number of nitrogens with one attached hydrogen (secondary N) is 1. The van der Waals surface area contributed by atoms with Crippen LogP contribution < -0.4 is 5.32 Å². The third kappa shape index (κ3) is 4.97. The summed E-state index contributed by atoms with van der Waals surface area (Å²) in [6.07, 6.45) is 3.42. The molecule has 0 heterocycles. The van der Waals surface area contributed by atoms with E-state index in [-0.39, 0.29) is 24.0 Å². The van der Waals surface area contributed by atoms with E-state index in [4.69, 9.17) is 4.74 Å². The van der Waals surface area contributed by atoms with Crippen molar-refractivity contribution in [2.24, 2.45) is 0 Å². The highest BCUT2D eigenvalue weighted by molar-refractivity contribution is 9.10. The molecule has 0 aromatic carbocycles. The molecular weight excluding hydrogens is 310 g/mol. The van der Waals surface area contributed by atoms with Gasteiger partial charge in [-0.1, -0.05) is 28.9 Å². The third-order valence-corrected chi connectivity index (χ3v) is 3.47. The van der Waals surface area contributed by atoms with E-state index in [1.54, 1.807) is 20.8 Å². The molecule has 0 aliphatic heterocycles. The number of carbonyl (C=O) groups excluding carboxylic acids is 2. The number of hydrogen-bond acceptors (Lipinski definition) is 3. The Bertz CT molecular complexity index is 373. The van der Waals surface area contributed by atoms with Crippen LogP contribution in [0, 0.1) is 0 Å². The van der Waals surface area contributed by atoms with Gasteiger partial charge in [0.05, 0.1) is 6.04 Å². The zero-order chi connectivity index (χ0) is 14.6. The van der Waals surface area contributed by atoms with Gasteiger partial charge in [0.25, 0.3) is 0 Å². The van der Waals surface area contributed by atoms with Crippen LogP contribution in [-0.2, 0) is 14.3 Å². The smallest absolute Gasteiger partial charge is 0.322 e. The molecule has 1 N–H and O–H groups in total. The fourth-order valence-corrected chi connectivity index (χ4v) is 2.07. The van der Waals surface area contributed by atoms with E-state index in [0.29, 0.717) is 5.57 Å². The summed E-state index contributed by atoms with van der Waals surface area (Å²) < 4.78 is 4.82. The zero-order valence-corrected chi connectivity index (χ0v) is 13.4. The Hall–Kier alpha value is -0.840. The topological polar surface area (TPSA) is 55.4 Å². The van der Waals surface area contributed by atoms with E-state index in [1.807, 2.05) is 0 Å². The van der Waals surface area contributed by atoms with Crippen LogP contribution in [0.25, 0.3) is 0 Å². The maximum Gasteiger partial charge on any atom is 0.322 e. The third-order valence-electron chi connectivity index (χ3n) is 3.15. The predicted molar refractivity (Wildman–Crippen MR) is 78.1 cm³/mol. The molecule has 1 fully saturated rings. The van der Waals surface area contributed by atoms with E-state index in [2.05, 4.69) is 27.8 Å². The largest absolute Gasteiger partial charge is 0.459 e. The number of halogens is 1. The Morgan fingerprint density at radius 3 is 2.42 bits per heavy atom. The van der Waals surface area contributed by atoms with Crippen molar-refractivity contribution >= 4 is 27.8 Å². The van der Waals surface area contributed by atoms with Gasteiger partial charge in [0, 0.05) is 5.57 Å². The maximum absolute atomic E-state index is 11.9. The molecule has 2 atom stereocenters. The Kier molecular flexibility index (Phi) is 5.59. The van der Waals surface area contributed by atoms with Gasteiger partial charge in [0.1, 0.15) is 10.4 Å². The Labute approximate surface area is 123 Å². The summed E-state index contributed by atoms with van der Waals surface area (Å²) >= 11 is 3.29. The number of carbonyl (C=O) groups is 2. The lowest BCUT2D eigenvalue weighted by molar-refractivity contribution is -0.154. The molecule has 2 unspecified atom stereocenters. The standard InChI is InChI=1S/C14H22BrNO3/c1-9(2)12(17)16-10-7-5-6-8-11(10)19-13(18)14(3,4)15/h10-11H,1,5-8H2,2-4H3,(H,16,17). The number of alkyl halides is 1. The molecule has 0 aromatic rings. The van der Waals surface area contributed by atoms with Gasteiger partial charge in [-0.25, -0.2) is 0 Å². The first-order chi connectivity index (χ1) is 8.71. The normalized spacial score (nSPS) is 23.6. The minimum absolute atomic E-state index is 0.114. The average molecular weight is 332 g/mol. The second-order valence-corrected chi connectivity index (χ2v) is 7.54. The van der Waals surface area contributed by atoms with Gasteiger partial charge < -0.3 is 10.1 Å². The monoisotopic (exact) mass is 331 g/mol. The minimum atomic E-state index is -0.701. The quantitative estimate of drug-likeness (QED) is 0.489. The summed E-state index contributed by atoms with van der Waals surface area (Å²) in [5.41, 5.74) is 0.469. The van der Waals surface area contributed by atoms with Crippen molar-refractivity contribution in [1.82, 2.24) is 5.32 Å². The lowest BCUT2D eigenvalue weighted by Crippen LogP contribution is -2.48. The van der Waals surface area contributed by atoms with Crippen molar-refractivity contribution in [2.45, 2.75) is 62.9 Å². The number of amides is 1. The summed E-state index contributed by atoms with van der Waals surface area (Å²) in [6.45, 7) is 8.79. The van der Waals surface area contributed by atoms with E-state index in [9.17, 15) is 9.59 Å². The molecule has 5 heteroatoms. The molecule has 1 aliphatic rings. The first-order valence-electron chi connectivity index (χ1n) is 6.58. The summed E-state index contributed by atoms with van der Waals surface area (Å²) in [7, 11) is 0. The molecule has 0 radical (unpaired) electrons. The van der Waals surface area contributed by atoms with E-state index in [0.717, 1.165) is 25.7 Å². The number of rotatable bonds is 4. The van der Waals surface area contributed by atoms with Crippen LogP contribution in [0.5, 0.6) is 0 Å².